The molecule has 390 valence electrons. The van der Waals surface area contributed by atoms with Gasteiger partial charge in [0, 0.05) is 30.1 Å². The molecule has 3 aromatic rings. The fourth-order valence-corrected chi connectivity index (χ4v) is 8.28. The van der Waals surface area contributed by atoms with Crippen LogP contribution in [0.4, 0.5) is 14.4 Å². The van der Waals surface area contributed by atoms with Gasteiger partial charge in [0.2, 0.25) is 0 Å². The number of aryl methyl sites for hydroxylation is 2. The van der Waals surface area contributed by atoms with Gasteiger partial charge in [0.25, 0.3) is 0 Å². The molecule has 0 atom stereocenters. The van der Waals surface area contributed by atoms with Crippen LogP contribution in [0, 0.1) is 0 Å². The number of halogens is 1. The van der Waals surface area contributed by atoms with Crippen molar-refractivity contribution in [1.29, 1.82) is 0 Å². The Morgan fingerprint density at radius 2 is 0.882 bits per heavy atom. The van der Waals surface area contributed by atoms with Gasteiger partial charge in [-0.25, -0.2) is 14.4 Å². The quantitative estimate of drug-likeness (QED) is 0.0233. The van der Waals surface area contributed by atoms with Gasteiger partial charge in [0.15, 0.2) is 0 Å². The molecule has 1 aliphatic rings. The van der Waals surface area contributed by atoms with Crippen LogP contribution in [0.2, 0.25) is 0 Å². The number of amides is 3. The average molecular weight is 1150 g/mol. The monoisotopic (exact) mass is 1140 g/mol. The van der Waals surface area contributed by atoms with Gasteiger partial charge in [0.1, 0.15) is 53.9 Å². The van der Waals surface area contributed by atoms with E-state index in [1.54, 1.807) is 0 Å². The summed E-state index contributed by atoms with van der Waals surface area (Å²) in [6, 6.07) is 18.2. The molecular weight excluding hydrogens is 1060 g/mol. The highest BCUT2D eigenvalue weighted by atomic mass is 127. The fourth-order valence-electron chi connectivity index (χ4n) is 5.45. The first-order valence-corrected chi connectivity index (χ1v) is 25.5. The first kappa shape index (κ1) is 69.1. The molecule has 0 aliphatic carbocycles. The van der Waals surface area contributed by atoms with Crippen LogP contribution in [0.15, 0.2) is 54.6 Å². The number of hydrogen-bond acceptors (Lipinski definition) is 15. The van der Waals surface area contributed by atoms with Crippen LogP contribution in [-0.2, 0) is 50.1 Å². The Labute approximate surface area is 442 Å². The number of alkyl carbamates (subject to hydrolysis) is 3. The molecule has 0 saturated heterocycles. The van der Waals surface area contributed by atoms with E-state index in [4.69, 9.17) is 33.5 Å². The molecule has 9 N–H and O–H groups in total. The Hall–Kier alpha value is -3.12. The SMILES string of the molecule is CC(C)(C)OC(=O)NCCOc1ccc(CS)c(CS)c1.CC(C)(C)OC(=O)NCCOc1ccc2c(c1)CSSC2.CCc1ccc(OCCNC(=O)OC(C)(C)C)cc1CC.CO.I.N.O. The lowest BCUT2D eigenvalue weighted by Crippen LogP contribution is -2.34. The van der Waals surface area contributed by atoms with Crippen LogP contribution < -0.4 is 36.3 Å². The van der Waals surface area contributed by atoms with Crippen molar-refractivity contribution in [2.24, 2.45) is 0 Å². The van der Waals surface area contributed by atoms with E-state index in [1.165, 1.54) is 22.3 Å². The summed E-state index contributed by atoms with van der Waals surface area (Å²) in [7, 11) is 4.76. The van der Waals surface area contributed by atoms with Gasteiger partial charge in [-0.15, -0.1) is 24.0 Å². The molecule has 68 heavy (non-hydrogen) atoms. The molecule has 1 aliphatic heterocycles. The minimum atomic E-state index is -0.491. The van der Waals surface area contributed by atoms with Gasteiger partial charge in [-0.2, -0.15) is 25.3 Å². The third kappa shape index (κ3) is 31.9. The molecule has 4 rings (SSSR count). The second kappa shape index (κ2) is 36.8. The summed E-state index contributed by atoms with van der Waals surface area (Å²) in [5.41, 5.74) is 6.21. The van der Waals surface area contributed by atoms with Crippen molar-refractivity contribution in [1.82, 2.24) is 22.1 Å². The molecule has 20 heteroatoms. The minimum absolute atomic E-state index is 0. The van der Waals surface area contributed by atoms with E-state index >= 15 is 0 Å². The van der Waals surface area contributed by atoms with E-state index in [9.17, 15) is 14.4 Å². The molecule has 0 aromatic heterocycles. The molecule has 15 nitrogen and oxygen atoms in total. The number of rotatable bonds is 16. The predicted octanol–water partition coefficient (Wildman–Crippen LogP) is 10.7. The van der Waals surface area contributed by atoms with Crippen molar-refractivity contribution < 1.29 is 53.4 Å². The first-order valence-electron chi connectivity index (χ1n) is 21.7. The normalized spacial score (nSPS) is 11.3. The Morgan fingerprint density at radius 1 is 0.544 bits per heavy atom. The van der Waals surface area contributed by atoms with Crippen LogP contribution in [-0.4, -0.2) is 92.2 Å². The van der Waals surface area contributed by atoms with E-state index < -0.39 is 35.1 Å². The van der Waals surface area contributed by atoms with E-state index in [0.717, 1.165) is 59.8 Å². The average Bonchev–Trinajstić information content (AvgIpc) is 3.24. The second-order valence-corrected chi connectivity index (χ2v) is 20.3. The molecule has 3 amide bonds. The summed E-state index contributed by atoms with van der Waals surface area (Å²) >= 11 is 8.57. The number of nitrogens with one attached hydrogen (secondary N) is 3. The number of carbonyl (C=O) groups excluding carboxylic acids is 3. The lowest BCUT2D eigenvalue weighted by molar-refractivity contribution is 0.0509. The maximum absolute atomic E-state index is 11.5. The molecule has 0 fully saturated rings. The van der Waals surface area contributed by atoms with Crippen LogP contribution in [0.1, 0.15) is 110 Å². The van der Waals surface area contributed by atoms with E-state index in [0.29, 0.717) is 51.0 Å². The number of ether oxygens (including phenoxy) is 6. The number of benzene rings is 3. The molecular formula is C48H81IN4O11S4. The highest BCUT2D eigenvalue weighted by Gasteiger charge is 2.18. The minimum Gasteiger partial charge on any atom is -0.492 e. The summed E-state index contributed by atoms with van der Waals surface area (Å²) in [6.45, 7) is 23.3. The lowest BCUT2D eigenvalue weighted by atomic mass is 10.0. The van der Waals surface area contributed by atoms with Crippen molar-refractivity contribution in [2.75, 3.05) is 46.6 Å². The molecule has 3 aromatic carbocycles. The maximum atomic E-state index is 11.5. The van der Waals surface area contributed by atoms with Crippen molar-refractivity contribution in [3.63, 3.8) is 0 Å². The molecule has 0 saturated carbocycles. The summed E-state index contributed by atoms with van der Waals surface area (Å²) in [5.74, 6) is 5.85. The van der Waals surface area contributed by atoms with Crippen LogP contribution in [0.3, 0.4) is 0 Å². The zero-order valence-electron chi connectivity index (χ0n) is 42.1. The lowest BCUT2D eigenvalue weighted by Gasteiger charge is -2.20. The second-order valence-electron chi connectivity index (χ2n) is 17.2. The van der Waals surface area contributed by atoms with Gasteiger partial charge >= 0.3 is 18.3 Å². The zero-order chi connectivity index (χ0) is 49.1. The molecule has 0 spiro atoms. The molecule has 0 unspecified atom stereocenters. The van der Waals surface area contributed by atoms with Crippen molar-refractivity contribution in [3.05, 3.63) is 88.0 Å². The van der Waals surface area contributed by atoms with Gasteiger partial charge in [-0.05, 0) is 145 Å². The third-order valence-corrected chi connectivity index (χ3v) is 11.2. The number of aliphatic hydroxyl groups excluding tert-OH is 1. The smallest absolute Gasteiger partial charge is 0.407 e. The van der Waals surface area contributed by atoms with Gasteiger partial charge in [0.05, 0.1) is 19.6 Å². The van der Waals surface area contributed by atoms with Gasteiger partial charge in [-0.1, -0.05) is 53.6 Å². The van der Waals surface area contributed by atoms with E-state index in [1.807, 2.05) is 114 Å². The van der Waals surface area contributed by atoms with E-state index in [2.05, 4.69) is 79.3 Å². The summed E-state index contributed by atoms with van der Waals surface area (Å²) < 4.78 is 32.4. The number of carbonyl (C=O) groups is 3. The Bertz CT molecular complexity index is 1690. The van der Waals surface area contributed by atoms with Crippen LogP contribution >= 0.6 is 70.8 Å². The topological polar surface area (TPSA) is 229 Å². The fraction of sp³-hybridized carbons (Fsp3) is 0.562. The van der Waals surface area contributed by atoms with Gasteiger partial charge in [-0.3, -0.25) is 0 Å². The highest BCUT2D eigenvalue weighted by Crippen LogP contribution is 2.38. The maximum Gasteiger partial charge on any atom is 0.407 e. The highest BCUT2D eigenvalue weighted by molar-refractivity contribution is 14.0. The molecule has 0 bridgehead atoms. The number of thiol groups is 2. The van der Waals surface area contributed by atoms with Crippen molar-refractivity contribution in [2.45, 2.75) is 129 Å². The van der Waals surface area contributed by atoms with Crippen molar-refractivity contribution >= 4 is 89.1 Å². The first-order chi connectivity index (χ1) is 30.6. The summed E-state index contributed by atoms with van der Waals surface area (Å²) in [6.07, 6.45) is 0.763. The zero-order valence-corrected chi connectivity index (χ0v) is 47.9. The number of aliphatic hydroxyl groups is 1. The molecule has 0 radical (unpaired) electrons. The van der Waals surface area contributed by atoms with Crippen LogP contribution in [0.25, 0.3) is 0 Å². The summed E-state index contributed by atoms with van der Waals surface area (Å²) in [4.78, 5) is 34.4. The third-order valence-electron chi connectivity index (χ3n) is 8.26. The van der Waals surface area contributed by atoms with Crippen molar-refractivity contribution in [3.8, 4) is 17.2 Å². The predicted molar refractivity (Wildman–Crippen MR) is 297 cm³/mol. The van der Waals surface area contributed by atoms with Gasteiger partial charge < -0.3 is 61.1 Å². The molecule has 1 heterocycles. The standard InChI is InChI=1S/C17H27NO3.C15H21NO3S2.C15H23NO3S2.CH4O.HI.H3N.H2O/c1-6-13-8-9-15(12-14(13)7-2)20-11-10-18-16(19)21-17(3,4)5;1-15(2,3)19-14(17)16-6-7-18-13-5-4-11-9-20-21-10-12(11)8-13;1-15(2,3)19-14(17)16-6-7-18-13-5-4-11(9-20)12(8-13)10-21;1-2;;;/h8-9,12H,6-7,10-11H2,1-5H3,(H,18,19);4-5,8H,6-7,9-10H2,1-3H3,(H,16,17);4-5,8,20-21H,6-7,9-10H2,1-3H3,(H,16,17);2H,1H3;1H;1H3;1H2. The van der Waals surface area contributed by atoms with E-state index in [-0.39, 0.29) is 35.6 Å². The Balaban J connectivity index is -0.000000895. The summed E-state index contributed by atoms with van der Waals surface area (Å²) in [5, 5.41) is 15.0. The Kier molecular flexibility index (Phi) is 37.4. The largest absolute Gasteiger partial charge is 0.492 e. The number of fused-ring (bicyclic) bond motifs is 1. The Morgan fingerprint density at radius 3 is 1.25 bits per heavy atom. The number of hydrogen-bond donors (Lipinski definition) is 7. The van der Waals surface area contributed by atoms with Crippen LogP contribution in [0.5, 0.6) is 17.2 Å².